The molecule has 0 N–H and O–H groups in total. The standard InChI is InChI=1S/C23H27N3O4S.ClH/c1-3-25(4-2)11-12-26(22(27)10-13-28-17-8-6-5-7-9-17)23-24-18-14-19-20(30-16-29-19)15-21(18)31-23;/h5-9,14-15H,3-4,10-13,16H2,1-2H3;1H. The summed E-state index contributed by atoms with van der Waals surface area (Å²) in [5.41, 5.74) is 0.811. The van der Waals surface area contributed by atoms with Crippen LogP contribution in [0.1, 0.15) is 20.3 Å². The lowest BCUT2D eigenvalue weighted by molar-refractivity contribution is -0.119. The van der Waals surface area contributed by atoms with E-state index in [1.807, 2.05) is 42.5 Å². The van der Waals surface area contributed by atoms with E-state index in [1.165, 1.54) is 11.3 Å². The van der Waals surface area contributed by atoms with Crippen molar-refractivity contribution in [2.24, 2.45) is 0 Å². The number of hydrogen-bond donors (Lipinski definition) is 0. The minimum absolute atomic E-state index is 0. The van der Waals surface area contributed by atoms with Gasteiger partial charge in [0.1, 0.15) is 5.75 Å². The van der Waals surface area contributed by atoms with Crippen molar-refractivity contribution in [2.45, 2.75) is 20.3 Å². The molecule has 0 radical (unpaired) electrons. The van der Waals surface area contributed by atoms with Crippen molar-refractivity contribution in [3.8, 4) is 17.2 Å². The molecule has 0 spiro atoms. The zero-order valence-corrected chi connectivity index (χ0v) is 19.9. The first kappa shape index (κ1) is 24.1. The van der Waals surface area contributed by atoms with E-state index >= 15 is 0 Å². The Morgan fingerprint density at radius 3 is 2.53 bits per heavy atom. The molecule has 0 aliphatic carbocycles. The molecule has 0 atom stereocenters. The van der Waals surface area contributed by atoms with Crippen LogP contribution in [0.4, 0.5) is 5.13 Å². The smallest absolute Gasteiger partial charge is 0.232 e. The summed E-state index contributed by atoms with van der Waals surface area (Å²) in [6, 6.07) is 13.4. The highest BCUT2D eigenvalue weighted by molar-refractivity contribution is 7.22. The van der Waals surface area contributed by atoms with E-state index < -0.39 is 0 Å². The molecule has 1 amide bonds. The van der Waals surface area contributed by atoms with Crippen LogP contribution in [-0.2, 0) is 4.79 Å². The van der Waals surface area contributed by atoms with Gasteiger partial charge >= 0.3 is 0 Å². The lowest BCUT2D eigenvalue weighted by Gasteiger charge is -2.24. The summed E-state index contributed by atoms with van der Waals surface area (Å²) in [5.74, 6) is 2.18. The molecule has 4 rings (SSSR count). The Morgan fingerprint density at radius 2 is 1.81 bits per heavy atom. The third-order valence-electron chi connectivity index (χ3n) is 5.27. The van der Waals surface area contributed by atoms with Crippen LogP contribution in [0.5, 0.6) is 17.2 Å². The number of likely N-dealkylation sites (N-methyl/N-ethyl adjacent to an activating group) is 1. The van der Waals surface area contributed by atoms with E-state index in [4.69, 9.17) is 19.2 Å². The zero-order chi connectivity index (χ0) is 21.6. The second kappa shape index (κ2) is 11.4. The van der Waals surface area contributed by atoms with Crippen molar-refractivity contribution in [1.82, 2.24) is 9.88 Å². The molecule has 0 unspecified atom stereocenters. The number of anilines is 1. The number of ether oxygens (including phenoxy) is 3. The van der Waals surface area contributed by atoms with Gasteiger partial charge < -0.3 is 19.1 Å². The van der Waals surface area contributed by atoms with Gasteiger partial charge in [-0.2, -0.15) is 0 Å². The van der Waals surface area contributed by atoms with Crippen molar-refractivity contribution in [3.05, 3.63) is 42.5 Å². The number of aromatic nitrogens is 1. The van der Waals surface area contributed by atoms with E-state index in [0.29, 0.717) is 24.0 Å². The topological polar surface area (TPSA) is 64.1 Å². The van der Waals surface area contributed by atoms with Crippen molar-refractivity contribution >= 4 is 45.0 Å². The third-order valence-corrected chi connectivity index (χ3v) is 6.31. The highest BCUT2D eigenvalue weighted by atomic mass is 35.5. The summed E-state index contributed by atoms with van der Waals surface area (Å²) in [7, 11) is 0. The normalized spacial score (nSPS) is 12.1. The zero-order valence-electron chi connectivity index (χ0n) is 18.3. The largest absolute Gasteiger partial charge is 0.493 e. The van der Waals surface area contributed by atoms with Crippen LogP contribution in [0.3, 0.4) is 0 Å². The number of hydrogen-bond acceptors (Lipinski definition) is 7. The summed E-state index contributed by atoms with van der Waals surface area (Å²) in [6.45, 7) is 8.06. The maximum Gasteiger partial charge on any atom is 0.232 e. The monoisotopic (exact) mass is 477 g/mol. The predicted molar refractivity (Wildman–Crippen MR) is 130 cm³/mol. The Balaban J connectivity index is 0.00000289. The first-order chi connectivity index (χ1) is 15.2. The highest BCUT2D eigenvalue weighted by Gasteiger charge is 2.22. The number of amides is 1. The minimum Gasteiger partial charge on any atom is -0.493 e. The molecule has 7 nitrogen and oxygen atoms in total. The van der Waals surface area contributed by atoms with Gasteiger partial charge in [-0.25, -0.2) is 4.98 Å². The Labute approximate surface area is 198 Å². The molecule has 0 fully saturated rings. The number of thiazole rings is 1. The number of carbonyl (C=O) groups is 1. The molecule has 1 aliphatic rings. The number of halogens is 1. The maximum absolute atomic E-state index is 13.1. The third kappa shape index (κ3) is 5.62. The average Bonchev–Trinajstić information content (AvgIpc) is 3.41. The van der Waals surface area contributed by atoms with Gasteiger partial charge in [-0.05, 0) is 25.2 Å². The number of benzene rings is 2. The summed E-state index contributed by atoms with van der Waals surface area (Å²) >= 11 is 1.50. The van der Waals surface area contributed by atoms with Crippen LogP contribution in [0.2, 0.25) is 0 Å². The Kier molecular flexibility index (Phi) is 8.55. The van der Waals surface area contributed by atoms with Gasteiger partial charge in [-0.15, -0.1) is 12.4 Å². The van der Waals surface area contributed by atoms with Crippen LogP contribution in [0.15, 0.2) is 42.5 Å². The number of carbonyl (C=O) groups excluding carboxylic acids is 1. The van der Waals surface area contributed by atoms with Crippen molar-refractivity contribution in [1.29, 1.82) is 0 Å². The fourth-order valence-corrected chi connectivity index (χ4v) is 4.46. The molecule has 2 heterocycles. The maximum atomic E-state index is 13.1. The summed E-state index contributed by atoms with van der Waals surface area (Å²) in [4.78, 5) is 22.0. The van der Waals surface area contributed by atoms with Crippen LogP contribution in [0.25, 0.3) is 10.2 Å². The first-order valence-corrected chi connectivity index (χ1v) is 11.4. The SMILES string of the molecule is CCN(CC)CCN(C(=O)CCOc1ccccc1)c1nc2cc3c(cc2s1)OCO3.Cl. The number of fused-ring (bicyclic) bond motifs is 2. The van der Waals surface area contributed by atoms with Crippen molar-refractivity contribution in [3.63, 3.8) is 0 Å². The van der Waals surface area contributed by atoms with Crippen LogP contribution < -0.4 is 19.1 Å². The van der Waals surface area contributed by atoms with Gasteiger partial charge in [0.2, 0.25) is 12.7 Å². The Hall–Kier alpha value is -2.55. The molecule has 0 saturated heterocycles. The molecule has 172 valence electrons. The minimum atomic E-state index is 0. The van der Waals surface area contributed by atoms with Gasteiger partial charge in [-0.3, -0.25) is 9.69 Å². The Morgan fingerprint density at radius 1 is 1.09 bits per heavy atom. The predicted octanol–water partition coefficient (Wildman–Crippen LogP) is 4.59. The van der Waals surface area contributed by atoms with Crippen molar-refractivity contribution < 1.29 is 19.0 Å². The quantitative estimate of drug-likeness (QED) is 0.425. The van der Waals surface area contributed by atoms with Crippen LogP contribution in [0, 0.1) is 0 Å². The van der Waals surface area contributed by atoms with Gasteiger partial charge in [0.25, 0.3) is 0 Å². The lowest BCUT2D eigenvalue weighted by atomic mass is 10.3. The van der Waals surface area contributed by atoms with E-state index in [9.17, 15) is 4.79 Å². The molecular weight excluding hydrogens is 450 g/mol. The van der Waals surface area contributed by atoms with Crippen LogP contribution >= 0.6 is 23.7 Å². The second-order valence-electron chi connectivity index (χ2n) is 7.15. The van der Waals surface area contributed by atoms with Crippen LogP contribution in [-0.4, -0.2) is 55.4 Å². The highest BCUT2D eigenvalue weighted by Crippen LogP contribution is 2.39. The second-order valence-corrected chi connectivity index (χ2v) is 8.16. The summed E-state index contributed by atoms with van der Waals surface area (Å²) in [6.07, 6.45) is 0.284. The molecule has 1 aromatic heterocycles. The van der Waals surface area contributed by atoms with Gasteiger partial charge in [0.05, 0.1) is 23.2 Å². The van der Waals surface area contributed by atoms with E-state index in [0.717, 1.165) is 41.3 Å². The number of nitrogens with zero attached hydrogens (tertiary/aromatic N) is 3. The molecule has 32 heavy (non-hydrogen) atoms. The lowest BCUT2D eigenvalue weighted by Crippen LogP contribution is -2.39. The van der Waals surface area contributed by atoms with E-state index in [1.54, 1.807) is 4.90 Å². The molecule has 0 saturated carbocycles. The number of rotatable bonds is 10. The fourth-order valence-electron chi connectivity index (χ4n) is 3.44. The van der Waals surface area contributed by atoms with E-state index in [-0.39, 0.29) is 31.5 Å². The molecule has 1 aliphatic heterocycles. The number of para-hydroxylation sites is 1. The van der Waals surface area contributed by atoms with Gasteiger partial charge in [0, 0.05) is 25.2 Å². The molecular formula is C23H28ClN3O4S. The summed E-state index contributed by atoms with van der Waals surface area (Å²) in [5, 5.41) is 0.690. The molecule has 2 aromatic carbocycles. The molecule has 3 aromatic rings. The van der Waals surface area contributed by atoms with E-state index in [2.05, 4.69) is 18.7 Å². The molecule has 9 heteroatoms. The van der Waals surface area contributed by atoms with Crippen molar-refractivity contribution in [2.75, 3.05) is 44.5 Å². The first-order valence-electron chi connectivity index (χ1n) is 10.6. The van der Waals surface area contributed by atoms with Gasteiger partial charge in [0.15, 0.2) is 16.6 Å². The summed E-state index contributed by atoms with van der Waals surface area (Å²) < 4.78 is 17.7. The fraction of sp³-hybridized carbons (Fsp3) is 0.391. The average molecular weight is 478 g/mol. The Bertz CT molecular complexity index is 986. The molecule has 0 bridgehead atoms. The van der Waals surface area contributed by atoms with Gasteiger partial charge in [-0.1, -0.05) is 43.4 Å².